The highest BCUT2D eigenvalue weighted by molar-refractivity contribution is 5.80. The van der Waals surface area contributed by atoms with E-state index in [2.05, 4.69) is 116 Å². The summed E-state index contributed by atoms with van der Waals surface area (Å²) in [5.74, 6) is 0. The summed E-state index contributed by atoms with van der Waals surface area (Å²) in [5, 5.41) is 3.63. The molecule has 2 aliphatic carbocycles. The van der Waals surface area contributed by atoms with Gasteiger partial charge in [0.05, 0.1) is 0 Å². The molecule has 0 bridgehead atoms. The Kier molecular flexibility index (Phi) is 6.13. The van der Waals surface area contributed by atoms with Crippen molar-refractivity contribution in [2.75, 3.05) is 5.32 Å². The number of benzene rings is 3. The van der Waals surface area contributed by atoms with Crippen LogP contribution in [-0.2, 0) is 6.42 Å². The lowest BCUT2D eigenvalue weighted by molar-refractivity contribution is 0.981. The van der Waals surface area contributed by atoms with E-state index in [1.807, 2.05) is 0 Å². The van der Waals surface area contributed by atoms with E-state index in [9.17, 15) is 0 Å². The van der Waals surface area contributed by atoms with E-state index in [0.29, 0.717) is 0 Å². The molecule has 1 heteroatoms. The second-order valence-electron chi connectivity index (χ2n) is 8.94. The average molecular weight is 430 g/mol. The first kappa shape index (κ1) is 21.3. The summed E-state index contributed by atoms with van der Waals surface area (Å²) < 4.78 is 0. The molecule has 0 heterocycles. The van der Waals surface area contributed by atoms with Gasteiger partial charge in [0.15, 0.2) is 0 Å². The molecule has 0 saturated heterocycles. The van der Waals surface area contributed by atoms with Crippen LogP contribution < -0.4 is 5.32 Å². The molecular weight excluding hydrogens is 398 g/mol. The molecule has 5 rings (SSSR count). The minimum absolute atomic E-state index is 1.02. The lowest BCUT2D eigenvalue weighted by Crippen LogP contribution is -2.04. The fraction of sp³-hybridized carbons (Fsp3) is 0.188. The maximum atomic E-state index is 3.63. The van der Waals surface area contributed by atoms with Crippen LogP contribution >= 0.6 is 0 Å². The third kappa shape index (κ3) is 4.50. The molecule has 2 aliphatic rings. The smallest absolute Gasteiger partial charge is 0.0382 e. The minimum Gasteiger partial charge on any atom is -0.359 e. The fourth-order valence-electron chi connectivity index (χ4n) is 4.95. The van der Waals surface area contributed by atoms with Crippen molar-refractivity contribution in [3.63, 3.8) is 0 Å². The SMILES string of the molecule is C/C=C\c1c(C)cccc1C1=CC=C(Nc2ccc(-c3cccc4c3C=CCC4)cc2)CC1. The molecule has 3 aromatic rings. The molecule has 0 radical (unpaired) electrons. The van der Waals surface area contributed by atoms with Crippen LogP contribution in [-0.4, -0.2) is 0 Å². The van der Waals surface area contributed by atoms with Crippen molar-refractivity contribution < 1.29 is 0 Å². The quantitative estimate of drug-likeness (QED) is 0.427. The number of hydrogen-bond donors (Lipinski definition) is 1. The molecule has 0 atom stereocenters. The fourth-order valence-corrected chi connectivity index (χ4v) is 4.95. The second kappa shape index (κ2) is 9.50. The van der Waals surface area contributed by atoms with Crippen LogP contribution in [0.1, 0.15) is 54.0 Å². The first-order valence-electron chi connectivity index (χ1n) is 12.0. The first-order valence-corrected chi connectivity index (χ1v) is 12.0. The first-order chi connectivity index (χ1) is 16.2. The van der Waals surface area contributed by atoms with E-state index in [1.54, 1.807) is 0 Å². The van der Waals surface area contributed by atoms with E-state index >= 15 is 0 Å². The maximum absolute atomic E-state index is 3.63. The molecule has 0 fully saturated rings. The Balaban J connectivity index is 1.34. The Morgan fingerprint density at radius 2 is 1.64 bits per heavy atom. The number of nitrogens with one attached hydrogen (secondary N) is 1. The standard InChI is InChI=1S/C32H31N/c1-3-8-29-23(2)9-6-13-30(29)25-15-19-27(20-16-25)33-28-21-17-26(18-22-28)32-14-7-11-24-10-4-5-12-31(24)32/h3,5-9,11-15,17-19,21-22,33H,4,10,16,20H2,1-2H3/b8-3-. The van der Waals surface area contributed by atoms with Crippen LogP contribution in [0.25, 0.3) is 28.9 Å². The van der Waals surface area contributed by atoms with Crippen LogP contribution in [0.5, 0.6) is 0 Å². The normalized spacial score (nSPS) is 15.2. The molecule has 1 N–H and O–H groups in total. The number of allylic oxidation sites excluding steroid dienone is 6. The van der Waals surface area contributed by atoms with Gasteiger partial charge in [-0.05, 0) is 102 Å². The average Bonchev–Trinajstić information content (AvgIpc) is 2.86. The number of hydrogen-bond acceptors (Lipinski definition) is 1. The van der Waals surface area contributed by atoms with Crippen LogP contribution in [0.15, 0.2) is 90.7 Å². The van der Waals surface area contributed by atoms with Gasteiger partial charge in [-0.25, -0.2) is 0 Å². The van der Waals surface area contributed by atoms with Crippen molar-refractivity contribution >= 4 is 23.4 Å². The molecule has 0 aliphatic heterocycles. The highest BCUT2D eigenvalue weighted by atomic mass is 14.9. The van der Waals surface area contributed by atoms with E-state index in [1.165, 1.54) is 50.2 Å². The zero-order valence-electron chi connectivity index (χ0n) is 19.6. The molecule has 0 saturated carbocycles. The van der Waals surface area contributed by atoms with Crippen LogP contribution in [0.3, 0.4) is 0 Å². The Morgan fingerprint density at radius 3 is 2.42 bits per heavy atom. The zero-order valence-corrected chi connectivity index (χ0v) is 19.6. The predicted molar refractivity (Wildman–Crippen MR) is 144 cm³/mol. The summed E-state index contributed by atoms with van der Waals surface area (Å²) in [6.45, 7) is 4.28. The van der Waals surface area contributed by atoms with Gasteiger partial charge in [-0.3, -0.25) is 0 Å². The van der Waals surface area contributed by atoms with Gasteiger partial charge in [-0.2, -0.15) is 0 Å². The van der Waals surface area contributed by atoms with E-state index in [0.717, 1.165) is 31.4 Å². The molecule has 1 nitrogen and oxygen atoms in total. The van der Waals surface area contributed by atoms with Crippen molar-refractivity contribution in [2.24, 2.45) is 0 Å². The van der Waals surface area contributed by atoms with Crippen LogP contribution in [0, 0.1) is 6.92 Å². The summed E-state index contributed by atoms with van der Waals surface area (Å²) in [6, 6.07) is 22.2. The highest BCUT2D eigenvalue weighted by Crippen LogP contribution is 2.33. The van der Waals surface area contributed by atoms with Gasteiger partial charge in [0.2, 0.25) is 0 Å². The number of rotatable bonds is 5. The zero-order chi connectivity index (χ0) is 22.6. The molecule has 0 amide bonds. The summed E-state index contributed by atoms with van der Waals surface area (Å²) in [6.07, 6.45) is 17.8. The van der Waals surface area contributed by atoms with Crippen LogP contribution in [0.4, 0.5) is 5.69 Å². The topological polar surface area (TPSA) is 12.0 Å². The highest BCUT2D eigenvalue weighted by Gasteiger charge is 2.13. The molecule has 0 aromatic heterocycles. The van der Waals surface area contributed by atoms with Gasteiger partial charge in [-0.1, -0.05) is 78.9 Å². The monoisotopic (exact) mass is 429 g/mol. The minimum atomic E-state index is 1.02. The Morgan fingerprint density at radius 1 is 0.818 bits per heavy atom. The Hall–Kier alpha value is -3.58. The van der Waals surface area contributed by atoms with Gasteiger partial charge in [0.25, 0.3) is 0 Å². The molecule has 33 heavy (non-hydrogen) atoms. The van der Waals surface area contributed by atoms with Gasteiger partial charge in [0.1, 0.15) is 0 Å². The van der Waals surface area contributed by atoms with E-state index in [4.69, 9.17) is 0 Å². The number of fused-ring (bicyclic) bond motifs is 1. The Labute approximate surface area is 197 Å². The summed E-state index contributed by atoms with van der Waals surface area (Å²) in [7, 11) is 0. The van der Waals surface area contributed by atoms with Crippen molar-refractivity contribution in [2.45, 2.75) is 39.5 Å². The van der Waals surface area contributed by atoms with Crippen molar-refractivity contribution in [3.05, 3.63) is 118 Å². The lowest BCUT2D eigenvalue weighted by atomic mass is 9.90. The third-order valence-corrected chi connectivity index (χ3v) is 6.71. The van der Waals surface area contributed by atoms with Crippen LogP contribution in [0.2, 0.25) is 0 Å². The molecule has 0 unspecified atom stereocenters. The molecule has 3 aromatic carbocycles. The molecule has 0 spiro atoms. The summed E-state index contributed by atoms with van der Waals surface area (Å²) in [5.41, 5.74) is 13.3. The lowest BCUT2D eigenvalue weighted by Gasteiger charge is -2.19. The maximum Gasteiger partial charge on any atom is 0.0382 e. The number of anilines is 1. The van der Waals surface area contributed by atoms with Gasteiger partial charge >= 0.3 is 0 Å². The van der Waals surface area contributed by atoms with E-state index < -0.39 is 0 Å². The molecule has 164 valence electrons. The summed E-state index contributed by atoms with van der Waals surface area (Å²) >= 11 is 0. The largest absolute Gasteiger partial charge is 0.359 e. The van der Waals surface area contributed by atoms with Gasteiger partial charge < -0.3 is 5.32 Å². The molecular formula is C32H31N. The van der Waals surface area contributed by atoms with Crippen molar-refractivity contribution in [1.82, 2.24) is 0 Å². The second-order valence-corrected chi connectivity index (χ2v) is 8.94. The van der Waals surface area contributed by atoms with Gasteiger partial charge in [0, 0.05) is 11.4 Å². The Bertz CT molecular complexity index is 1280. The van der Waals surface area contributed by atoms with Crippen molar-refractivity contribution in [1.29, 1.82) is 0 Å². The third-order valence-electron chi connectivity index (χ3n) is 6.71. The summed E-state index contributed by atoms with van der Waals surface area (Å²) in [4.78, 5) is 0. The number of aryl methyl sites for hydroxylation is 2. The van der Waals surface area contributed by atoms with Crippen molar-refractivity contribution in [3.8, 4) is 11.1 Å². The predicted octanol–water partition coefficient (Wildman–Crippen LogP) is 8.83. The van der Waals surface area contributed by atoms with E-state index in [-0.39, 0.29) is 0 Å². The van der Waals surface area contributed by atoms with Gasteiger partial charge in [-0.15, -0.1) is 0 Å².